The van der Waals surface area contributed by atoms with Crippen LogP contribution >= 0.6 is 11.6 Å². The minimum atomic E-state index is -0.273. The average Bonchev–Trinajstić information content (AvgIpc) is 3.07. The summed E-state index contributed by atoms with van der Waals surface area (Å²) in [4.78, 5) is 13.5. The third kappa shape index (κ3) is 4.64. The predicted octanol–water partition coefficient (Wildman–Crippen LogP) is 4.75. The fourth-order valence-electron chi connectivity index (χ4n) is 3.15. The van der Waals surface area contributed by atoms with Gasteiger partial charge < -0.3 is 4.57 Å². The van der Waals surface area contributed by atoms with Crippen LogP contribution in [0.2, 0.25) is 5.02 Å². The Kier molecular flexibility index (Phi) is 7.10. The molecule has 156 valence electrons. The van der Waals surface area contributed by atoms with E-state index >= 15 is 0 Å². The molecule has 0 atom stereocenters. The van der Waals surface area contributed by atoms with Crippen molar-refractivity contribution in [3.63, 3.8) is 0 Å². The molecule has 3 aromatic heterocycles. The number of aromatic nitrogens is 4. The minimum absolute atomic E-state index is 0.273. The molecule has 30 heavy (non-hydrogen) atoms. The summed E-state index contributed by atoms with van der Waals surface area (Å²) in [7, 11) is 1.65. The molecule has 1 aromatic carbocycles. The molecule has 0 unspecified atom stereocenters. The standard InChI is InChI=1S/C21H18ClFN4.CH6N2/c1-3-8-27-19-10-16(23)6-7-18(19)26-21(27)15-9-17(22)20(25-12-15)14-5-4-13(2)24-11-14;1-3-2/h4-7,9-12H,3,8H2,1-2H3;3H,2H2,1H3. The molecule has 6 nitrogen and oxygen atoms in total. The number of hydrazine groups is 1. The van der Waals surface area contributed by atoms with E-state index in [2.05, 4.69) is 33.1 Å². The first kappa shape index (κ1) is 21.8. The Morgan fingerprint density at radius 3 is 2.47 bits per heavy atom. The zero-order valence-electron chi connectivity index (χ0n) is 17.2. The third-order valence-electron chi connectivity index (χ3n) is 4.44. The number of rotatable bonds is 4. The van der Waals surface area contributed by atoms with Gasteiger partial charge in [0.05, 0.1) is 21.7 Å². The zero-order valence-corrected chi connectivity index (χ0v) is 17.9. The maximum absolute atomic E-state index is 13.7. The first-order valence-corrected chi connectivity index (χ1v) is 9.98. The van der Waals surface area contributed by atoms with Gasteiger partial charge in [-0.05, 0) is 56.8 Å². The van der Waals surface area contributed by atoms with E-state index in [1.807, 2.05) is 29.7 Å². The van der Waals surface area contributed by atoms with E-state index in [0.29, 0.717) is 10.7 Å². The molecular weight excluding hydrogens is 403 g/mol. The maximum Gasteiger partial charge on any atom is 0.142 e. The summed E-state index contributed by atoms with van der Waals surface area (Å²) in [5.41, 5.74) is 7.05. The summed E-state index contributed by atoms with van der Waals surface area (Å²) in [6, 6.07) is 10.4. The van der Waals surface area contributed by atoms with Crippen LogP contribution in [0.3, 0.4) is 0 Å². The molecule has 0 spiro atoms. The number of aryl methyl sites for hydroxylation is 2. The van der Waals surface area contributed by atoms with E-state index in [1.165, 1.54) is 12.1 Å². The fourth-order valence-corrected chi connectivity index (χ4v) is 3.42. The molecule has 4 rings (SSSR count). The van der Waals surface area contributed by atoms with Crippen molar-refractivity contribution in [1.82, 2.24) is 24.9 Å². The lowest BCUT2D eigenvalue weighted by Gasteiger charge is -2.10. The van der Waals surface area contributed by atoms with Crippen molar-refractivity contribution in [2.24, 2.45) is 5.84 Å². The quantitative estimate of drug-likeness (QED) is 0.363. The Balaban J connectivity index is 0.000000806. The molecule has 0 aliphatic heterocycles. The van der Waals surface area contributed by atoms with Crippen molar-refractivity contribution in [2.75, 3.05) is 7.05 Å². The van der Waals surface area contributed by atoms with Crippen molar-refractivity contribution in [1.29, 1.82) is 0 Å². The molecule has 3 N–H and O–H groups in total. The number of fused-ring (bicyclic) bond motifs is 1. The first-order valence-electron chi connectivity index (χ1n) is 9.60. The van der Waals surface area contributed by atoms with Gasteiger partial charge >= 0.3 is 0 Å². The number of nitrogens with zero attached hydrogens (tertiary/aromatic N) is 4. The Hall–Kier alpha value is -2.87. The Labute approximate surface area is 179 Å². The van der Waals surface area contributed by atoms with E-state index in [9.17, 15) is 4.39 Å². The number of nitrogens with one attached hydrogen (secondary N) is 1. The van der Waals surface area contributed by atoms with E-state index in [0.717, 1.165) is 46.6 Å². The highest BCUT2D eigenvalue weighted by molar-refractivity contribution is 6.33. The van der Waals surface area contributed by atoms with Gasteiger partial charge in [0.15, 0.2) is 0 Å². The zero-order chi connectivity index (χ0) is 21.7. The smallest absolute Gasteiger partial charge is 0.142 e. The molecular formula is C22H24ClFN6. The van der Waals surface area contributed by atoms with Gasteiger partial charge in [-0.15, -0.1) is 0 Å². The highest BCUT2D eigenvalue weighted by Crippen LogP contribution is 2.31. The second-order valence-electron chi connectivity index (χ2n) is 6.75. The molecule has 8 heteroatoms. The monoisotopic (exact) mass is 426 g/mol. The molecule has 0 saturated heterocycles. The van der Waals surface area contributed by atoms with Crippen LogP contribution in [0.25, 0.3) is 33.7 Å². The van der Waals surface area contributed by atoms with Crippen LogP contribution in [0.5, 0.6) is 0 Å². The molecule has 0 radical (unpaired) electrons. The van der Waals surface area contributed by atoms with Gasteiger partial charge in [0.1, 0.15) is 11.6 Å². The highest BCUT2D eigenvalue weighted by Gasteiger charge is 2.15. The van der Waals surface area contributed by atoms with Crippen LogP contribution in [-0.2, 0) is 6.54 Å². The van der Waals surface area contributed by atoms with Crippen molar-refractivity contribution >= 4 is 22.6 Å². The number of halogens is 2. The Morgan fingerprint density at radius 1 is 1.10 bits per heavy atom. The number of nitrogens with two attached hydrogens (primary N) is 1. The SMILES string of the molecule is CCCn1c(-c2cnc(-c3ccc(C)nc3)c(Cl)c2)nc2ccc(F)cc21.CNN. The summed E-state index contributed by atoms with van der Waals surface area (Å²) in [5.74, 6) is 5.06. The van der Waals surface area contributed by atoms with Crippen LogP contribution in [-0.4, -0.2) is 26.6 Å². The minimum Gasteiger partial charge on any atom is -0.324 e. The second kappa shape index (κ2) is 9.75. The molecule has 0 bridgehead atoms. The molecule has 0 aliphatic rings. The molecule has 0 aliphatic carbocycles. The summed E-state index contributed by atoms with van der Waals surface area (Å²) in [6.07, 6.45) is 4.42. The summed E-state index contributed by atoms with van der Waals surface area (Å²) in [6.45, 7) is 4.74. The lowest BCUT2D eigenvalue weighted by Crippen LogP contribution is -2.13. The van der Waals surface area contributed by atoms with Gasteiger partial charge in [-0.2, -0.15) is 0 Å². The second-order valence-corrected chi connectivity index (χ2v) is 7.16. The molecule has 3 heterocycles. The maximum atomic E-state index is 13.7. The van der Waals surface area contributed by atoms with Gasteiger partial charge in [0.2, 0.25) is 0 Å². The van der Waals surface area contributed by atoms with Gasteiger partial charge in [0, 0.05) is 35.8 Å². The number of imidazole rings is 1. The molecule has 0 fully saturated rings. The lowest BCUT2D eigenvalue weighted by atomic mass is 10.1. The normalized spacial score (nSPS) is 10.7. The van der Waals surface area contributed by atoms with Crippen LogP contribution in [0, 0.1) is 12.7 Å². The first-order chi connectivity index (χ1) is 14.5. The largest absolute Gasteiger partial charge is 0.324 e. The predicted molar refractivity (Wildman–Crippen MR) is 119 cm³/mol. The van der Waals surface area contributed by atoms with Crippen molar-refractivity contribution in [3.8, 4) is 22.6 Å². The van der Waals surface area contributed by atoms with E-state index in [-0.39, 0.29) is 5.82 Å². The number of hydrogen-bond donors (Lipinski definition) is 2. The topological polar surface area (TPSA) is 81.7 Å². The van der Waals surface area contributed by atoms with Gasteiger partial charge in [0.25, 0.3) is 0 Å². The third-order valence-corrected chi connectivity index (χ3v) is 4.73. The van der Waals surface area contributed by atoms with Crippen LogP contribution in [0.4, 0.5) is 4.39 Å². The molecule has 4 aromatic rings. The molecule has 0 saturated carbocycles. The number of hydrogen-bond acceptors (Lipinski definition) is 5. The Morgan fingerprint density at radius 2 is 1.83 bits per heavy atom. The van der Waals surface area contributed by atoms with Gasteiger partial charge in [-0.3, -0.25) is 21.2 Å². The van der Waals surface area contributed by atoms with Gasteiger partial charge in [-0.1, -0.05) is 18.5 Å². The van der Waals surface area contributed by atoms with Crippen molar-refractivity contribution in [2.45, 2.75) is 26.8 Å². The average molecular weight is 427 g/mol. The highest BCUT2D eigenvalue weighted by atomic mass is 35.5. The molecule has 0 amide bonds. The van der Waals surface area contributed by atoms with E-state index in [1.54, 1.807) is 25.5 Å². The Bertz CT molecular complexity index is 1140. The summed E-state index contributed by atoms with van der Waals surface area (Å²) >= 11 is 6.52. The number of pyridine rings is 2. The van der Waals surface area contributed by atoms with Crippen LogP contribution in [0.15, 0.2) is 48.8 Å². The summed E-state index contributed by atoms with van der Waals surface area (Å²) < 4.78 is 15.7. The van der Waals surface area contributed by atoms with Crippen LogP contribution in [0.1, 0.15) is 19.0 Å². The van der Waals surface area contributed by atoms with Crippen molar-refractivity contribution in [3.05, 3.63) is 65.3 Å². The van der Waals surface area contributed by atoms with Gasteiger partial charge in [-0.25, -0.2) is 9.37 Å². The fraction of sp³-hybridized carbons (Fsp3) is 0.227. The van der Waals surface area contributed by atoms with E-state index < -0.39 is 0 Å². The van der Waals surface area contributed by atoms with E-state index in [4.69, 9.17) is 11.6 Å². The summed E-state index contributed by atoms with van der Waals surface area (Å²) in [5, 5.41) is 0.527. The number of benzene rings is 1. The lowest BCUT2D eigenvalue weighted by molar-refractivity contribution is 0.627. The van der Waals surface area contributed by atoms with Crippen LogP contribution < -0.4 is 11.3 Å². The van der Waals surface area contributed by atoms with Crippen molar-refractivity contribution < 1.29 is 4.39 Å².